The molecule has 4 rings (SSSR count). The van der Waals surface area contributed by atoms with Crippen LogP contribution in [0.4, 0.5) is 0 Å². The maximum atomic E-state index is 12.7. The number of hydrogen-bond donors (Lipinski definition) is 1. The summed E-state index contributed by atoms with van der Waals surface area (Å²) >= 11 is 1.66. The Morgan fingerprint density at radius 2 is 1.96 bits per heavy atom. The van der Waals surface area contributed by atoms with Crippen molar-refractivity contribution in [3.05, 3.63) is 26.6 Å². The first-order chi connectivity index (χ1) is 12.1. The molecule has 0 spiro atoms. The highest BCUT2D eigenvalue weighted by atomic mass is 32.1. The second-order valence-corrected chi connectivity index (χ2v) is 8.43. The van der Waals surface area contributed by atoms with Crippen LogP contribution in [0, 0.1) is 0 Å². The van der Waals surface area contributed by atoms with E-state index in [1.807, 2.05) is 4.90 Å². The van der Waals surface area contributed by atoms with Gasteiger partial charge in [0, 0.05) is 17.8 Å². The number of thiophene rings is 1. The van der Waals surface area contributed by atoms with Crippen LogP contribution in [0.2, 0.25) is 0 Å². The van der Waals surface area contributed by atoms with Crippen molar-refractivity contribution in [3.8, 4) is 0 Å². The number of H-pyrrole nitrogens is 1. The van der Waals surface area contributed by atoms with Crippen LogP contribution in [0.3, 0.4) is 0 Å². The molecule has 0 unspecified atom stereocenters. The zero-order valence-electron chi connectivity index (χ0n) is 14.8. The molecule has 1 fully saturated rings. The average molecular weight is 359 g/mol. The van der Waals surface area contributed by atoms with E-state index in [0.717, 1.165) is 42.3 Å². The molecular weight excluding hydrogens is 334 g/mol. The van der Waals surface area contributed by atoms with Gasteiger partial charge in [0.25, 0.3) is 5.56 Å². The van der Waals surface area contributed by atoms with E-state index in [-0.39, 0.29) is 17.5 Å². The third-order valence-corrected chi connectivity index (χ3v) is 6.80. The van der Waals surface area contributed by atoms with E-state index in [4.69, 9.17) is 4.98 Å². The van der Waals surface area contributed by atoms with E-state index < -0.39 is 0 Å². The minimum Gasteiger partial charge on any atom is -0.332 e. The first-order valence-corrected chi connectivity index (χ1v) is 10.3. The van der Waals surface area contributed by atoms with E-state index in [1.54, 1.807) is 18.3 Å². The molecule has 6 heteroatoms. The molecule has 0 aromatic carbocycles. The fourth-order valence-corrected chi connectivity index (χ4v) is 5.62. The fourth-order valence-electron chi connectivity index (χ4n) is 4.33. The number of rotatable bonds is 3. The van der Waals surface area contributed by atoms with Gasteiger partial charge in [-0.15, -0.1) is 11.3 Å². The quantitative estimate of drug-likeness (QED) is 0.911. The number of aromatic nitrogens is 2. The smallest absolute Gasteiger partial charge is 0.259 e. The Kier molecular flexibility index (Phi) is 4.63. The van der Waals surface area contributed by atoms with Crippen LogP contribution in [0.5, 0.6) is 0 Å². The number of aryl methyl sites for hydroxylation is 2. The maximum Gasteiger partial charge on any atom is 0.259 e. The first kappa shape index (κ1) is 16.8. The minimum absolute atomic E-state index is 0.0356. The van der Waals surface area contributed by atoms with E-state index in [0.29, 0.717) is 12.4 Å². The van der Waals surface area contributed by atoms with Crippen molar-refractivity contribution in [1.82, 2.24) is 14.9 Å². The second-order valence-electron chi connectivity index (χ2n) is 7.34. The van der Waals surface area contributed by atoms with Crippen molar-refractivity contribution in [3.63, 3.8) is 0 Å². The van der Waals surface area contributed by atoms with Gasteiger partial charge in [-0.05, 0) is 44.1 Å². The highest BCUT2D eigenvalue weighted by molar-refractivity contribution is 7.18. The molecule has 0 saturated heterocycles. The van der Waals surface area contributed by atoms with Gasteiger partial charge in [-0.3, -0.25) is 9.59 Å². The fraction of sp³-hybridized carbons (Fsp3) is 0.632. The van der Waals surface area contributed by atoms with Gasteiger partial charge in [-0.25, -0.2) is 4.98 Å². The Morgan fingerprint density at radius 3 is 2.72 bits per heavy atom. The van der Waals surface area contributed by atoms with Crippen LogP contribution in [0.1, 0.15) is 68.1 Å². The number of nitrogens with one attached hydrogen (secondary N) is 1. The number of hydrogen-bond acceptors (Lipinski definition) is 4. The molecular formula is C19H25N3O2S. The summed E-state index contributed by atoms with van der Waals surface area (Å²) in [6, 6.07) is 0.281. The molecule has 1 saturated carbocycles. The Bertz CT molecular complexity index is 848. The molecule has 134 valence electrons. The van der Waals surface area contributed by atoms with E-state index in [9.17, 15) is 9.59 Å². The lowest BCUT2D eigenvalue weighted by atomic mass is 9.94. The lowest BCUT2D eigenvalue weighted by Crippen LogP contribution is -2.40. The van der Waals surface area contributed by atoms with Crippen molar-refractivity contribution in [2.24, 2.45) is 0 Å². The first-order valence-electron chi connectivity index (χ1n) is 9.44. The van der Waals surface area contributed by atoms with E-state index >= 15 is 0 Å². The van der Waals surface area contributed by atoms with Gasteiger partial charge in [-0.2, -0.15) is 0 Å². The van der Waals surface area contributed by atoms with E-state index in [1.165, 1.54) is 36.1 Å². The van der Waals surface area contributed by atoms with Gasteiger partial charge < -0.3 is 9.88 Å². The summed E-state index contributed by atoms with van der Waals surface area (Å²) in [5.41, 5.74) is 1.17. The third kappa shape index (κ3) is 3.24. The van der Waals surface area contributed by atoms with Gasteiger partial charge >= 0.3 is 0 Å². The molecule has 0 bridgehead atoms. The molecule has 1 amide bonds. The maximum absolute atomic E-state index is 12.7. The molecule has 5 nitrogen and oxygen atoms in total. The van der Waals surface area contributed by atoms with Crippen molar-refractivity contribution < 1.29 is 4.79 Å². The summed E-state index contributed by atoms with van der Waals surface area (Å²) in [4.78, 5) is 36.6. The number of fused-ring (bicyclic) bond motifs is 3. The molecule has 2 aromatic heterocycles. The second kappa shape index (κ2) is 6.90. The predicted molar refractivity (Wildman–Crippen MR) is 100.0 cm³/mol. The van der Waals surface area contributed by atoms with Crippen LogP contribution in [-0.2, 0) is 24.2 Å². The molecule has 2 aliphatic carbocycles. The molecule has 0 aliphatic heterocycles. The van der Waals surface area contributed by atoms with Gasteiger partial charge in [0.15, 0.2) is 0 Å². The van der Waals surface area contributed by atoms with Gasteiger partial charge in [-0.1, -0.05) is 19.3 Å². The zero-order valence-corrected chi connectivity index (χ0v) is 15.6. The Morgan fingerprint density at radius 1 is 1.20 bits per heavy atom. The van der Waals surface area contributed by atoms with E-state index in [2.05, 4.69) is 4.98 Å². The van der Waals surface area contributed by atoms with Crippen LogP contribution in [0.15, 0.2) is 4.79 Å². The summed E-state index contributed by atoms with van der Waals surface area (Å²) < 4.78 is 0. The van der Waals surface area contributed by atoms with Crippen molar-refractivity contribution in [1.29, 1.82) is 0 Å². The van der Waals surface area contributed by atoms with Crippen molar-refractivity contribution in [2.45, 2.75) is 77.3 Å². The van der Waals surface area contributed by atoms with Crippen LogP contribution >= 0.6 is 11.3 Å². The lowest BCUT2D eigenvalue weighted by Gasteiger charge is -2.33. The summed E-state index contributed by atoms with van der Waals surface area (Å²) in [6.45, 7) is 2.03. The predicted octanol–water partition coefficient (Wildman–Crippen LogP) is 3.54. The minimum atomic E-state index is -0.0356. The topological polar surface area (TPSA) is 66.1 Å². The highest BCUT2D eigenvalue weighted by Crippen LogP contribution is 2.33. The number of carbonyl (C=O) groups excluding carboxylic acids is 1. The Balaban J connectivity index is 1.66. The lowest BCUT2D eigenvalue weighted by molar-refractivity contribution is -0.132. The molecule has 2 aromatic rings. The van der Waals surface area contributed by atoms with Gasteiger partial charge in [0.2, 0.25) is 5.91 Å². The van der Waals surface area contributed by atoms with Crippen molar-refractivity contribution >= 4 is 27.5 Å². The Labute approximate surface area is 151 Å². The molecule has 2 heterocycles. The van der Waals surface area contributed by atoms with Crippen molar-refractivity contribution in [2.75, 3.05) is 0 Å². The molecule has 0 atom stereocenters. The summed E-state index contributed by atoms with van der Waals surface area (Å²) in [5.74, 6) is 0.692. The van der Waals surface area contributed by atoms with Gasteiger partial charge in [0.1, 0.15) is 10.7 Å². The average Bonchev–Trinajstić information content (AvgIpc) is 2.99. The largest absolute Gasteiger partial charge is 0.332 e. The SMILES string of the molecule is CC(=O)N(Cc1nc2sc3c(c2c(=O)[nH]1)CCCC3)C1CCCCC1. The van der Waals surface area contributed by atoms with Crippen LogP contribution < -0.4 is 5.56 Å². The number of aromatic amines is 1. The van der Waals surface area contributed by atoms with Gasteiger partial charge in [0.05, 0.1) is 11.9 Å². The van der Waals surface area contributed by atoms with Crippen LogP contribution in [0.25, 0.3) is 10.2 Å². The monoisotopic (exact) mass is 359 g/mol. The number of nitrogens with zero attached hydrogens (tertiary/aromatic N) is 2. The summed E-state index contributed by atoms with van der Waals surface area (Å²) in [7, 11) is 0. The molecule has 1 N–H and O–H groups in total. The number of amides is 1. The number of carbonyl (C=O) groups is 1. The Hall–Kier alpha value is -1.69. The summed E-state index contributed by atoms with van der Waals surface area (Å²) in [6.07, 6.45) is 10.1. The molecule has 25 heavy (non-hydrogen) atoms. The molecule has 2 aliphatic rings. The normalized spacial score (nSPS) is 18.3. The van der Waals surface area contributed by atoms with Crippen LogP contribution in [-0.4, -0.2) is 26.8 Å². The summed E-state index contributed by atoms with van der Waals surface area (Å²) in [5, 5.41) is 0.787. The standard InChI is InChI=1S/C19H25N3O2S/c1-12(23)22(13-7-3-2-4-8-13)11-16-20-18(24)17-14-9-5-6-10-15(14)25-19(17)21-16/h13H,2-11H2,1H3,(H,20,21,24). The zero-order chi connectivity index (χ0) is 17.4. The third-order valence-electron chi connectivity index (χ3n) is 5.61. The highest BCUT2D eigenvalue weighted by Gasteiger charge is 2.25. The molecule has 0 radical (unpaired) electrons.